The third-order valence-electron chi connectivity index (χ3n) is 2.20. The van der Waals surface area contributed by atoms with Gasteiger partial charge in [-0.25, -0.2) is 0 Å². The fraction of sp³-hybridized carbons (Fsp3) is 0.909. The van der Waals surface area contributed by atoms with Gasteiger partial charge in [0.05, 0.1) is 0 Å². The summed E-state index contributed by atoms with van der Waals surface area (Å²) in [6.07, 6.45) is 5.82. The van der Waals surface area contributed by atoms with Crippen LogP contribution in [-0.2, 0) is 4.79 Å². The zero-order valence-electron chi connectivity index (χ0n) is 8.88. The van der Waals surface area contributed by atoms with E-state index in [1.165, 1.54) is 12.8 Å². The molecule has 2 heteroatoms. The van der Waals surface area contributed by atoms with Crippen molar-refractivity contribution in [3.8, 4) is 0 Å². The molecule has 0 aromatic carbocycles. The average Bonchev–Trinajstić information content (AvgIpc) is 2.12. The third-order valence-corrected chi connectivity index (χ3v) is 2.20. The molecule has 1 unspecified atom stereocenters. The molecule has 0 fully saturated rings. The Morgan fingerprint density at radius 1 is 1.15 bits per heavy atom. The molecular formula is C11H22O2. The highest BCUT2D eigenvalue weighted by molar-refractivity contribution is 5.82. The Balaban J connectivity index is 3.38. The molecule has 0 radical (unpaired) electrons. The summed E-state index contributed by atoms with van der Waals surface area (Å²) in [7, 11) is 0. The number of ketones is 1. The van der Waals surface area contributed by atoms with Crippen molar-refractivity contribution in [1.29, 1.82) is 0 Å². The van der Waals surface area contributed by atoms with Gasteiger partial charge in [-0.05, 0) is 12.8 Å². The first-order valence-corrected chi connectivity index (χ1v) is 5.43. The summed E-state index contributed by atoms with van der Waals surface area (Å²) in [5, 5.41) is 9.40. The predicted molar refractivity (Wildman–Crippen MR) is 54.7 cm³/mol. The van der Waals surface area contributed by atoms with Gasteiger partial charge in [-0.2, -0.15) is 0 Å². The van der Waals surface area contributed by atoms with Crippen LogP contribution in [0.1, 0.15) is 58.8 Å². The van der Waals surface area contributed by atoms with E-state index in [-0.39, 0.29) is 5.78 Å². The van der Waals surface area contributed by atoms with Crippen LogP contribution in [0, 0.1) is 0 Å². The molecule has 0 heterocycles. The van der Waals surface area contributed by atoms with Gasteiger partial charge in [0.25, 0.3) is 0 Å². The maximum atomic E-state index is 11.2. The number of hydrogen-bond acceptors (Lipinski definition) is 2. The smallest absolute Gasteiger partial charge is 0.161 e. The number of carbonyl (C=O) groups is 1. The Labute approximate surface area is 81.3 Å². The van der Waals surface area contributed by atoms with Gasteiger partial charge in [-0.15, -0.1) is 0 Å². The third kappa shape index (κ3) is 6.76. The van der Waals surface area contributed by atoms with E-state index in [2.05, 4.69) is 6.92 Å². The number of carbonyl (C=O) groups excluding carboxylic acids is 1. The van der Waals surface area contributed by atoms with Gasteiger partial charge in [0, 0.05) is 6.42 Å². The molecule has 0 bridgehead atoms. The maximum absolute atomic E-state index is 11.2. The van der Waals surface area contributed by atoms with Gasteiger partial charge in [0.2, 0.25) is 0 Å². The summed E-state index contributed by atoms with van der Waals surface area (Å²) < 4.78 is 0. The van der Waals surface area contributed by atoms with E-state index in [1.807, 2.05) is 6.92 Å². The largest absolute Gasteiger partial charge is 0.385 e. The van der Waals surface area contributed by atoms with E-state index in [1.54, 1.807) is 0 Å². The van der Waals surface area contributed by atoms with Gasteiger partial charge in [0.1, 0.15) is 6.10 Å². The van der Waals surface area contributed by atoms with E-state index in [4.69, 9.17) is 0 Å². The second kappa shape index (κ2) is 8.24. The first-order valence-electron chi connectivity index (χ1n) is 5.43. The van der Waals surface area contributed by atoms with E-state index >= 15 is 0 Å². The Morgan fingerprint density at radius 3 is 2.38 bits per heavy atom. The minimum absolute atomic E-state index is 0.0130. The lowest BCUT2D eigenvalue weighted by Crippen LogP contribution is -2.19. The first-order chi connectivity index (χ1) is 6.22. The van der Waals surface area contributed by atoms with Crippen molar-refractivity contribution in [2.24, 2.45) is 0 Å². The highest BCUT2D eigenvalue weighted by atomic mass is 16.3. The monoisotopic (exact) mass is 186 g/mol. The van der Waals surface area contributed by atoms with Crippen molar-refractivity contribution in [3.63, 3.8) is 0 Å². The number of rotatable bonds is 8. The van der Waals surface area contributed by atoms with Crippen LogP contribution >= 0.6 is 0 Å². The van der Waals surface area contributed by atoms with Crippen molar-refractivity contribution in [3.05, 3.63) is 0 Å². The molecule has 0 aliphatic carbocycles. The molecule has 0 amide bonds. The molecular weight excluding hydrogens is 164 g/mol. The molecule has 0 saturated carbocycles. The maximum Gasteiger partial charge on any atom is 0.161 e. The lowest BCUT2D eigenvalue weighted by molar-refractivity contribution is -0.127. The molecule has 1 N–H and O–H groups in total. The number of unbranched alkanes of at least 4 members (excludes halogenated alkanes) is 3. The number of Topliss-reactive ketones (excluding diaryl/α,β-unsaturated/α-hetero) is 1. The van der Waals surface area contributed by atoms with Gasteiger partial charge in [-0.1, -0.05) is 39.5 Å². The molecule has 0 saturated heterocycles. The average molecular weight is 186 g/mol. The van der Waals surface area contributed by atoms with Gasteiger partial charge >= 0.3 is 0 Å². The highest BCUT2D eigenvalue weighted by Crippen LogP contribution is 2.07. The zero-order valence-corrected chi connectivity index (χ0v) is 8.88. The molecule has 0 aliphatic rings. The van der Waals surface area contributed by atoms with E-state index < -0.39 is 6.10 Å². The number of hydrogen-bond donors (Lipinski definition) is 1. The summed E-state index contributed by atoms with van der Waals surface area (Å²) in [6.45, 7) is 4.11. The van der Waals surface area contributed by atoms with Gasteiger partial charge < -0.3 is 5.11 Å². The summed E-state index contributed by atoms with van der Waals surface area (Å²) in [5.74, 6) is 0.0130. The topological polar surface area (TPSA) is 37.3 Å². The molecule has 78 valence electrons. The van der Waals surface area contributed by atoms with Crippen molar-refractivity contribution in [1.82, 2.24) is 0 Å². The van der Waals surface area contributed by atoms with E-state index in [0.717, 1.165) is 19.3 Å². The summed E-state index contributed by atoms with van der Waals surface area (Å²) >= 11 is 0. The van der Waals surface area contributed by atoms with Crippen LogP contribution in [0.5, 0.6) is 0 Å². The van der Waals surface area contributed by atoms with Crippen LogP contribution in [0.4, 0.5) is 0 Å². The minimum atomic E-state index is -0.697. The van der Waals surface area contributed by atoms with Crippen LogP contribution in [0.3, 0.4) is 0 Å². The molecule has 0 aromatic heterocycles. The van der Waals surface area contributed by atoms with Crippen LogP contribution in [0.2, 0.25) is 0 Å². The fourth-order valence-electron chi connectivity index (χ4n) is 1.34. The first kappa shape index (κ1) is 12.6. The lowest BCUT2D eigenvalue weighted by Gasteiger charge is -2.07. The quantitative estimate of drug-likeness (QED) is 0.592. The molecule has 13 heavy (non-hydrogen) atoms. The normalized spacial score (nSPS) is 12.8. The van der Waals surface area contributed by atoms with Crippen LogP contribution in [-0.4, -0.2) is 17.0 Å². The fourth-order valence-corrected chi connectivity index (χ4v) is 1.34. The van der Waals surface area contributed by atoms with Gasteiger partial charge in [-0.3, -0.25) is 4.79 Å². The Morgan fingerprint density at radius 2 is 1.85 bits per heavy atom. The van der Waals surface area contributed by atoms with Crippen molar-refractivity contribution in [2.45, 2.75) is 64.9 Å². The zero-order chi connectivity index (χ0) is 10.1. The molecule has 2 nitrogen and oxygen atoms in total. The minimum Gasteiger partial charge on any atom is -0.385 e. The van der Waals surface area contributed by atoms with Crippen LogP contribution in [0.25, 0.3) is 0 Å². The van der Waals surface area contributed by atoms with Crippen molar-refractivity contribution in [2.75, 3.05) is 0 Å². The van der Waals surface area contributed by atoms with E-state index in [9.17, 15) is 9.90 Å². The highest BCUT2D eigenvalue weighted by Gasteiger charge is 2.12. The Bertz CT molecular complexity index is 132. The molecule has 0 aromatic rings. The number of aliphatic hydroxyl groups is 1. The second-order valence-electron chi connectivity index (χ2n) is 3.58. The standard InChI is InChI=1S/C11H22O2/c1-3-5-6-7-9-11(13)10(12)8-4-2/h11,13H,3-9H2,1-2H3. The Hall–Kier alpha value is -0.370. The van der Waals surface area contributed by atoms with Crippen molar-refractivity contribution < 1.29 is 9.90 Å². The molecule has 0 aliphatic heterocycles. The number of aliphatic hydroxyl groups excluding tert-OH is 1. The van der Waals surface area contributed by atoms with E-state index in [0.29, 0.717) is 12.8 Å². The second-order valence-corrected chi connectivity index (χ2v) is 3.58. The summed E-state index contributed by atoms with van der Waals surface area (Å²) in [5.41, 5.74) is 0. The van der Waals surface area contributed by atoms with Gasteiger partial charge in [0.15, 0.2) is 5.78 Å². The SMILES string of the molecule is CCCCCCC(O)C(=O)CCC. The summed E-state index contributed by atoms with van der Waals surface area (Å²) in [6, 6.07) is 0. The van der Waals surface area contributed by atoms with Crippen LogP contribution in [0.15, 0.2) is 0 Å². The predicted octanol–water partition coefficient (Wildman–Crippen LogP) is 2.69. The Kier molecular flexibility index (Phi) is 8.00. The van der Waals surface area contributed by atoms with Crippen molar-refractivity contribution >= 4 is 5.78 Å². The lowest BCUT2D eigenvalue weighted by atomic mass is 10.0. The molecule has 0 rings (SSSR count). The summed E-state index contributed by atoms with van der Waals surface area (Å²) in [4.78, 5) is 11.2. The molecule has 1 atom stereocenters. The van der Waals surface area contributed by atoms with Crippen LogP contribution < -0.4 is 0 Å². The molecule has 0 spiro atoms.